The summed E-state index contributed by atoms with van der Waals surface area (Å²) in [6, 6.07) is 3.70. The van der Waals surface area contributed by atoms with Gasteiger partial charge in [0.05, 0.1) is 29.7 Å². The highest BCUT2D eigenvalue weighted by molar-refractivity contribution is 5.46. The van der Waals surface area contributed by atoms with Crippen molar-refractivity contribution in [2.24, 2.45) is 5.41 Å². The molecule has 2 aromatic heterocycles. The largest absolute Gasteiger partial charge is 0.369 e. The van der Waals surface area contributed by atoms with Gasteiger partial charge in [-0.1, -0.05) is 0 Å². The Balaban J connectivity index is 1.59. The SMILES string of the molecule is Fc1cnc(N2CCC3(CN(c4cccnc4)CCC3(F)F)C2)nc1. The van der Waals surface area contributed by atoms with Crippen LogP contribution in [0.3, 0.4) is 0 Å². The molecule has 2 aliphatic heterocycles. The maximum Gasteiger partial charge on any atom is 0.258 e. The van der Waals surface area contributed by atoms with Gasteiger partial charge in [-0.15, -0.1) is 0 Å². The Morgan fingerprint density at radius 3 is 2.40 bits per heavy atom. The number of anilines is 2. The van der Waals surface area contributed by atoms with Gasteiger partial charge in [-0.3, -0.25) is 4.98 Å². The van der Waals surface area contributed by atoms with Crippen molar-refractivity contribution in [2.45, 2.75) is 18.8 Å². The van der Waals surface area contributed by atoms with Crippen LogP contribution in [0.5, 0.6) is 0 Å². The standard InChI is InChI=1S/C17H18F3N5/c18-13-8-22-15(23-9-13)25-6-3-16(12-25)11-24(7-4-17(16,19)20)14-2-1-5-21-10-14/h1-2,5,8-10H,3-4,6-7,11-12H2. The summed E-state index contributed by atoms with van der Waals surface area (Å²) in [5, 5.41) is 0. The number of nitrogens with zero attached hydrogens (tertiary/aromatic N) is 5. The summed E-state index contributed by atoms with van der Waals surface area (Å²) in [7, 11) is 0. The highest BCUT2D eigenvalue weighted by Gasteiger charge is 2.59. The molecule has 2 saturated heterocycles. The normalized spacial score (nSPS) is 25.6. The van der Waals surface area contributed by atoms with Crippen molar-refractivity contribution < 1.29 is 13.2 Å². The summed E-state index contributed by atoms with van der Waals surface area (Å²) < 4.78 is 42.7. The molecule has 0 bridgehead atoms. The molecule has 2 fully saturated rings. The summed E-state index contributed by atoms with van der Waals surface area (Å²) in [5.74, 6) is -3.00. The second-order valence-electron chi connectivity index (χ2n) is 6.74. The van der Waals surface area contributed by atoms with E-state index in [0.29, 0.717) is 25.5 Å². The minimum atomic E-state index is -2.76. The van der Waals surface area contributed by atoms with Gasteiger partial charge in [0.2, 0.25) is 5.95 Å². The fourth-order valence-electron chi connectivity index (χ4n) is 3.80. The third-order valence-electron chi connectivity index (χ3n) is 5.22. The molecule has 0 amide bonds. The Labute approximate surface area is 143 Å². The highest BCUT2D eigenvalue weighted by Crippen LogP contribution is 2.50. The monoisotopic (exact) mass is 349 g/mol. The maximum absolute atomic E-state index is 14.8. The number of pyridine rings is 1. The van der Waals surface area contributed by atoms with Crippen LogP contribution in [-0.4, -0.2) is 47.1 Å². The van der Waals surface area contributed by atoms with Crippen LogP contribution in [0.4, 0.5) is 24.8 Å². The molecule has 0 radical (unpaired) electrons. The van der Waals surface area contributed by atoms with E-state index in [4.69, 9.17) is 0 Å². The van der Waals surface area contributed by atoms with Gasteiger partial charge in [-0.05, 0) is 18.6 Å². The van der Waals surface area contributed by atoms with Crippen molar-refractivity contribution in [3.05, 3.63) is 42.7 Å². The second-order valence-corrected chi connectivity index (χ2v) is 6.74. The lowest BCUT2D eigenvalue weighted by Crippen LogP contribution is -2.57. The molecule has 2 aromatic rings. The quantitative estimate of drug-likeness (QED) is 0.834. The second kappa shape index (κ2) is 5.86. The van der Waals surface area contributed by atoms with Crippen molar-refractivity contribution in [1.29, 1.82) is 0 Å². The molecule has 0 saturated carbocycles. The summed E-state index contributed by atoms with van der Waals surface area (Å²) in [6.07, 6.45) is 5.65. The van der Waals surface area contributed by atoms with Gasteiger partial charge in [0.1, 0.15) is 0 Å². The highest BCUT2D eigenvalue weighted by atomic mass is 19.3. The molecule has 4 rings (SSSR count). The fraction of sp³-hybridized carbons (Fsp3) is 0.471. The number of hydrogen-bond donors (Lipinski definition) is 0. The molecule has 8 heteroatoms. The lowest BCUT2D eigenvalue weighted by molar-refractivity contribution is -0.124. The molecule has 1 spiro atoms. The van der Waals surface area contributed by atoms with E-state index in [2.05, 4.69) is 15.0 Å². The minimum absolute atomic E-state index is 0.155. The van der Waals surface area contributed by atoms with Crippen molar-refractivity contribution in [3.63, 3.8) is 0 Å². The predicted molar refractivity (Wildman–Crippen MR) is 87.3 cm³/mol. The summed E-state index contributed by atoms with van der Waals surface area (Å²) in [4.78, 5) is 15.6. The molecule has 0 aliphatic carbocycles. The lowest BCUT2D eigenvalue weighted by Gasteiger charge is -2.46. The van der Waals surface area contributed by atoms with Crippen LogP contribution in [0.25, 0.3) is 0 Å². The van der Waals surface area contributed by atoms with Crippen LogP contribution in [0.2, 0.25) is 0 Å². The van der Waals surface area contributed by atoms with Crippen LogP contribution < -0.4 is 9.80 Å². The van der Waals surface area contributed by atoms with Gasteiger partial charge in [-0.25, -0.2) is 23.1 Å². The van der Waals surface area contributed by atoms with Crippen molar-refractivity contribution in [1.82, 2.24) is 15.0 Å². The van der Waals surface area contributed by atoms with E-state index in [-0.39, 0.29) is 19.5 Å². The van der Waals surface area contributed by atoms with Crippen LogP contribution in [-0.2, 0) is 0 Å². The van der Waals surface area contributed by atoms with Gasteiger partial charge >= 0.3 is 0 Å². The van der Waals surface area contributed by atoms with E-state index in [1.54, 1.807) is 17.3 Å². The first-order chi connectivity index (χ1) is 12.0. The van der Waals surface area contributed by atoms with E-state index < -0.39 is 17.2 Å². The van der Waals surface area contributed by atoms with Crippen LogP contribution in [0, 0.1) is 11.2 Å². The van der Waals surface area contributed by atoms with E-state index in [1.165, 1.54) is 0 Å². The Kier molecular flexibility index (Phi) is 3.77. The van der Waals surface area contributed by atoms with Gasteiger partial charge < -0.3 is 9.80 Å². The third-order valence-corrected chi connectivity index (χ3v) is 5.22. The Hall–Kier alpha value is -2.38. The first-order valence-corrected chi connectivity index (χ1v) is 8.24. The van der Waals surface area contributed by atoms with E-state index in [0.717, 1.165) is 18.1 Å². The van der Waals surface area contributed by atoms with Crippen LogP contribution in [0.15, 0.2) is 36.9 Å². The maximum atomic E-state index is 14.8. The smallest absolute Gasteiger partial charge is 0.258 e. The van der Waals surface area contributed by atoms with Gasteiger partial charge in [0.25, 0.3) is 5.92 Å². The molecule has 1 unspecified atom stereocenters. The number of hydrogen-bond acceptors (Lipinski definition) is 5. The molecule has 2 aliphatic rings. The summed E-state index contributed by atoms with van der Waals surface area (Å²) in [6.45, 7) is 1.14. The lowest BCUT2D eigenvalue weighted by atomic mass is 9.75. The average molecular weight is 349 g/mol. The Morgan fingerprint density at radius 1 is 0.960 bits per heavy atom. The Bertz CT molecular complexity index is 740. The zero-order valence-electron chi connectivity index (χ0n) is 13.6. The molecule has 25 heavy (non-hydrogen) atoms. The van der Waals surface area contributed by atoms with E-state index in [9.17, 15) is 13.2 Å². The van der Waals surface area contributed by atoms with Crippen molar-refractivity contribution in [2.75, 3.05) is 36.0 Å². The predicted octanol–water partition coefficient (Wildman–Crippen LogP) is 2.75. The minimum Gasteiger partial charge on any atom is -0.369 e. The fourth-order valence-corrected chi connectivity index (χ4v) is 3.80. The first-order valence-electron chi connectivity index (χ1n) is 8.24. The number of alkyl halides is 2. The number of halogens is 3. The molecule has 132 valence electrons. The molecule has 0 aromatic carbocycles. The Morgan fingerprint density at radius 2 is 1.68 bits per heavy atom. The number of aromatic nitrogens is 3. The third kappa shape index (κ3) is 2.79. The van der Waals surface area contributed by atoms with Gasteiger partial charge in [-0.2, -0.15) is 0 Å². The van der Waals surface area contributed by atoms with E-state index in [1.807, 2.05) is 17.0 Å². The average Bonchev–Trinajstić information content (AvgIpc) is 3.05. The summed E-state index contributed by atoms with van der Waals surface area (Å²) in [5.41, 5.74) is -0.312. The molecular weight excluding hydrogens is 331 g/mol. The molecular formula is C17H18F3N5. The topological polar surface area (TPSA) is 45.2 Å². The first kappa shape index (κ1) is 16.1. The molecule has 0 N–H and O–H groups in total. The van der Waals surface area contributed by atoms with Gasteiger partial charge in [0.15, 0.2) is 5.82 Å². The molecule has 1 atom stereocenters. The van der Waals surface area contributed by atoms with Gasteiger partial charge in [0, 0.05) is 38.8 Å². The van der Waals surface area contributed by atoms with Crippen molar-refractivity contribution in [3.8, 4) is 0 Å². The van der Waals surface area contributed by atoms with Crippen LogP contribution in [0.1, 0.15) is 12.8 Å². The van der Waals surface area contributed by atoms with Crippen molar-refractivity contribution >= 4 is 11.6 Å². The summed E-state index contributed by atoms with van der Waals surface area (Å²) >= 11 is 0. The molecule has 4 heterocycles. The number of rotatable bonds is 2. The zero-order chi connectivity index (χ0) is 17.5. The molecule has 5 nitrogen and oxygen atoms in total. The van der Waals surface area contributed by atoms with E-state index >= 15 is 0 Å². The van der Waals surface area contributed by atoms with Crippen LogP contribution >= 0.6 is 0 Å². The zero-order valence-corrected chi connectivity index (χ0v) is 13.6. The number of piperidine rings is 1.